The summed E-state index contributed by atoms with van der Waals surface area (Å²) in [7, 11) is 0. The van der Waals surface area contributed by atoms with Crippen LogP contribution in [0.4, 0.5) is 0 Å². The van der Waals surface area contributed by atoms with E-state index < -0.39 is 0 Å². The van der Waals surface area contributed by atoms with E-state index in [-0.39, 0.29) is 5.97 Å². The topological polar surface area (TPSA) is 29.5 Å². The molecule has 0 radical (unpaired) electrons. The normalized spacial score (nSPS) is 23.8. The quantitative estimate of drug-likeness (QED) is 0.508. The van der Waals surface area contributed by atoms with Gasteiger partial charge in [0.25, 0.3) is 0 Å². The zero-order chi connectivity index (χ0) is 10.7. The Labute approximate surface area is 91.1 Å². The minimum absolute atomic E-state index is 0.205. The fraction of sp³-hybridized carbons (Fsp3) is 0.750. The van der Waals surface area contributed by atoms with Gasteiger partial charge < -0.3 is 4.74 Å². The summed E-state index contributed by atoms with van der Waals surface area (Å²) in [5.74, 6) is 0.583. The SMILES string of the molecule is CCOC(=O)/C=C/C(C1CC1)N1CCC1. The maximum atomic E-state index is 11.2. The molecule has 2 rings (SSSR count). The molecule has 1 unspecified atom stereocenters. The van der Waals surface area contributed by atoms with Crippen LogP contribution in [0.3, 0.4) is 0 Å². The van der Waals surface area contributed by atoms with E-state index in [1.807, 2.05) is 13.0 Å². The molecule has 1 aliphatic carbocycles. The number of hydrogen-bond donors (Lipinski definition) is 0. The molecule has 3 heteroatoms. The summed E-state index contributed by atoms with van der Waals surface area (Å²) in [6.07, 6.45) is 7.57. The number of nitrogens with zero attached hydrogens (tertiary/aromatic N) is 1. The van der Waals surface area contributed by atoms with Gasteiger partial charge in [0.05, 0.1) is 6.61 Å². The van der Waals surface area contributed by atoms with E-state index in [1.165, 1.54) is 32.4 Å². The summed E-state index contributed by atoms with van der Waals surface area (Å²) in [4.78, 5) is 13.6. The van der Waals surface area contributed by atoms with Gasteiger partial charge in [-0.25, -0.2) is 4.79 Å². The van der Waals surface area contributed by atoms with Crippen LogP contribution in [0.15, 0.2) is 12.2 Å². The van der Waals surface area contributed by atoms with Gasteiger partial charge in [0, 0.05) is 12.1 Å². The van der Waals surface area contributed by atoms with E-state index in [4.69, 9.17) is 4.74 Å². The first-order valence-corrected chi connectivity index (χ1v) is 5.90. The van der Waals surface area contributed by atoms with Crippen LogP contribution in [0.5, 0.6) is 0 Å². The largest absolute Gasteiger partial charge is 0.463 e. The van der Waals surface area contributed by atoms with Crippen LogP contribution in [-0.2, 0) is 9.53 Å². The molecule has 0 aromatic rings. The molecule has 84 valence electrons. The molecule has 15 heavy (non-hydrogen) atoms. The van der Waals surface area contributed by atoms with Crippen molar-refractivity contribution >= 4 is 5.97 Å². The number of ether oxygens (including phenoxy) is 1. The van der Waals surface area contributed by atoms with Crippen LogP contribution < -0.4 is 0 Å². The lowest BCUT2D eigenvalue weighted by Gasteiger charge is -2.37. The molecule has 0 aromatic carbocycles. The predicted octanol–water partition coefficient (Wildman–Crippen LogP) is 1.59. The molecule has 0 N–H and O–H groups in total. The zero-order valence-electron chi connectivity index (χ0n) is 9.32. The van der Waals surface area contributed by atoms with Crippen LogP contribution in [0.25, 0.3) is 0 Å². The molecule has 0 aromatic heterocycles. The van der Waals surface area contributed by atoms with Crippen molar-refractivity contribution in [3.63, 3.8) is 0 Å². The molecular weight excluding hydrogens is 190 g/mol. The van der Waals surface area contributed by atoms with E-state index in [9.17, 15) is 4.79 Å². The summed E-state index contributed by atoms with van der Waals surface area (Å²) >= 11 is 0. The minimum Gasteiger partial charge on any atom is -0.463 e. The molecule has 0 spiro atoms. The summed E-state index contributed by atoms with van der Waals surface area (Å²) < 4.78 is 4.88. The average molecular weight is 209 g/mol. The first-order valence-electron chi connectivity index (χ1n) is 5.90. The fourth-order valence-electron chi connectivity index (χ4n) is 2.02. The third-order valence-corrected chi connectivity index (χ3v) is 3.13. The van der Waals surface area contributed by atoms with Gasteiger partial charge in [-0.05, 0) is 45.2 Å². The summed E-state index contributed by atoms with van der Waals surface area (Å²) in [5, 5.41) is 0. The van der Waals surface area contributed by atoms with Gasteiger partial charge in [-0.1, -0.05) is 6.08 Å². The number of carbonyl (C=O) groups is 1. The highest BCUT2D eigenvalue weighted by molar-refractivity contribution is 5.82. The van der Waals surface area contributed by atoms with Crippen LogP contribution >= 0.6 is 0 Å². The molecule has 1 aliphatic heterocycles. The van der Waals surface area contributed by atoms with Crippen molar-refractivity contribution in [1.29, 1.82) is 0 Å². The number of esters is 1. The van der Waals surface area contributed by atoms with Gasteiger partial charge in [-0.15, -0.1) is 0 Å². The molecule has 1 saturated heterocycles. The smallest absolute Gasteiger partial charge is 0.330 e. The summed E-state index contributed by atoms with van der Waals surface area (Å²) in [6, 6.07) is 0.489. The van der Waals surface area contributed by atoms with Crippen molar-refractivity contribution in [2.45, 2.75) is 32.2 Å². The lowest BCUT2D eigenvalue weighted by molar-refractivity contribution is -0.137. The van der Waals surface area contributed by atoms with E-state index >= 15 is 0 Å². The van der Waals surface area contributed by atoms with Crippen molar-refractivity contribution in [1.82, 2.24) is 4.90 Å². The molecule has 3 nitrogen and oxygen atoms in total. The number of rotatable bonds is 5. The molecule has 1 saturated carbocycles. The third-order valence-electron chi connectivity index (χ3n) is 3.13. The Bertz CT molecular complexity index is 254. The Balaban J connectivity index is 1.85. The molecule has 1 atom stereocenters. The fourth-order valence-corrected chi connectivity index (χ4v) is 2.02. The number of hydrogen-bond acceptors (Lipinski definition) is 3. The lowest BCUT2D eigenvalue weighted by atomic mass is 10.1. The van der Waals surface area contributed by atoms with Gasteiger partial charge in [-0.3, -0.25) is 4.90 Å². The van der Waals surface area contributed by atoms with Crippen molar-refractivity contribution in [2.24, 2.45) is 5.92 Å². The van der Waals surface area contributed by atoms with Gasteiger partial charge in [0.15, 0.2) is 0 Å². The Morgan fingerprint density at radius 2 is 2.27 bits per heavy atom. The van der Waals surface area contributed by atoms with E-state index in [0.29, 0.717) is 12.6 Å². The second kappa shape index (κ2) is 4.79. The summed E-state index contributed by atoms with van der Waals surface area (Å²) in [5.41, 5.74) is 0. The Morgan fingerprint density at radius 1 is 1.53 bits per heavy atom. The van der Waals surface area contributed by atoms with Crippen molar-refractivity contribution in [3.8, 4) is 0 Å². The predicted molar refractivity (Wildman–Crippen MR) is 58.5 cm³/mol. The highest BCUT2D eigenvalue weighted by Gasteiger charge is 2.35. The minimum atomic E-state index is -0.205. The van der Waals surface area contributed by atoms with Crippen molar-refractivity contribution in [3.05, 3.63) is 12.2 Å². The Hall–Kier alpha value is -0.830. The molecule has 1 heterocycles. The zero-order valence-corrected chi connectivity index (χ0v) is 9.32. The lowest BCUT2D eigenvalue weighted by Crippen LogP contribution is -2.45. The van der Waals surface area contributed by atoms with Crippen LogP contribution in [0.1, 0.15) is 26.2 Å². The van der Waals surface area contributed by atoms with E-state index in [2.05, 4.69) is 4.90 Å². The van der Waals surface area contributed by atoms with Crippen molar-refractivity contribution < 1.29 is 9.53 Å². The van der Waals surface area contributed by atoms with Crippen LogP contribution in [0, 0.1) is 5.92 Å². The standard InChI is InChI=1S/C12H19NO2/c1-2-15-12(14)7-6-11(10-4-5-10)13-8-3-9-13/h6-7,10-11H,2-5,8-9H2,1H3/b7-6+. The number of likely N-dealkylation sites (tertiary alicyclic amines) is 1. The van der Waals surface area contributed by atoms with Crippen LogP contribution in [0.2, 0.25) is 0 Å². The van der Waals surface area contributed by atoms with E-state index in [0.717, 1.165) is 5.92 Å². The Morgan fingerprint density at radius 3 is 2.73 bits per heavy atom. The highest BCUT2D eigenvalue weighted by atomic mass is 16.5. The van der Waals surface area contributed by atoms with Gasteiger partial charge >= 0.3 is 5.97 Å². The maximum absolute atomic E-state index is 11.2. The first kappa shape index (κ1) is 10.7. The molecule has 0 bridgehead atoms. The van der Waals surface area contributed by atoms with Crippen molar-refractivity contribution in [2.75, 3.05) is 19.7 Å². The van der Waals surface area contributed by atoms with Gasteiger partial charge in [0.1, 0.15) is 0 Å². The van der Waals surface area contributed by atoms with Gasteiger partial charge in [0.2, 0.25) is 0 Å². The average Bonchev–Trinajstić information content (AvgIpc) is 2.92. The Kier molecular flexibility index (Phi) is 3.41. The monoisotopic (exact) mass is 209 g/mol. The van der Waals surface area contributed by atoms with E-state index in [1.54, 1.807) is 6.08 Å². The summed E-state index contributed by atoms with van der Waals surface area (Å²) in [6.45, 7) is 4.67. The number of carbonyl (C=O) groups excluding carboxylic acids is 1. The maximum Gasteiger partial charge on any atom is 0.330 e. The molecule has 0 amide bonds. The second-order valence-corrected chi connectivity index (χ2v) is 4.33. The molecule has 2 fully saturated rings. The second-order valence-electron chi connectivity index (χ2n) is 4.33. The highest BCUT2D eigenvalue weighted by Crippen LogP contribution is 2.37. The molecule has 2 aliphatic rings. The third kappa shape index (κ3) is 2.81. The van der Waals surface area contributed by atoms with Crippen LogP contribution in [-0.4, -0.2) is 36.6 Å². The molecular formula is C12H19NO2. The first-order chi connectivity index (χ1) is 7.31. The van der Waals surface area contributed by atoms with Gasteiger partial charge in [-0.2, -0.15) is 0 Å².